The molecule has 0 radical (unpaired) electrons. The highest BCUT2D eigenvalue weighted by atomic mass is 28.4. The fourth-order valence-corrected chi connectivity index (χ4v) is 3.21. The van der Waals surface area contributed by atoms with Gasteiger partial charge in [-0.15, -0.1) is 0 Å². The first-order valence-electron chi connectivity index (χ1n) is 4.15. The molecule has 3 nitrogen and oxygen atoms in total. The summed E-state index contributed by atoms with van der Waals surface area (Å²) >= 11 is 0. The van der Waals surface area contributed by atoms with Crippen LogP contribution in [0.15, 0.2) is 0 Å². The van der Waals surface area contributed by atoms with Crippen molar-refractivity contribution < 1.29 is 13.6 Å². The largest absolute Gasteiger partial charge is 0.396 e. The van der Waals surface area contributed by atoms with Crippen molar-refractivity contribution in [2.24, 2.45) is 0 Å². The van der Waals surface area contributed by atoms with Crippen molar-refractivity contribution in [2.45, 2.75) is 32.0 Å². The van der Waals surface area contributed by atoms with Crippen LogP contribution in [-0.2, 0) is 13.6 Å². The molecule has 0 heterocycles. The van der Waals surface area contributed by atoms with Gasteiger partial charge in [0.2, 0.25) is 0 Å². The summed E-state index contributed by atoms with van der Waals surface area (Å²) < 4.78 is 16.3. The Morgan fingerprint density at radius 2 is 1.58 bits per heavy atom. The molecule has 1 atom stereocenters. The molecule has 0 N–H and O–H groups in total. The standard InChI is InChI=1S/C8H20O3Si/c1-7-8(2,9-3)12(6,10-4)11-5/h7H2,1-6H3. The van der Waals surface area contributed by atoms with Crippen LogP contribution < -0.4 is 0 Å². The van der Waals surface area contributed by atoms with Crippen molar-refractivity contribution in [1.82, 2.24) is 0 Å². The summed E-state index contributed by atoms with van der Waals surface area (Å²) in [6.07, 6.45) is 0.897. The summed E-state index contributed by atoms with van der Waals surface area (Å²) in [5, 5.41) is -0.267. The molecule has 0 aromatic heterocycles. The van der Waals surface area contributed by atoms with Crippen molar-refractivity contribution in [3.05, 3.63) is 0 Å². The second-order valence-corrected chi connectivity index (χ2v) is 6.91. The van der Waals surface area contributed by atoms with E-state index in [0.29, 0.717) is 0 Å². The third-order valence-corrected chi connectivity index (χ3v) is 6.90. The number of methoxy groups -OCH3 is 1. The Morgan fingerprint density at radius 3 is 1.67 bits per heavy atom. The lowest BCUT2D eigenvalue weighted by molar-refractivity contribution is 0.0202. The van der Waals surface area contributed by atoms with E-state index in [4.69, 9.17) is 13.6 Å². The molecule has 74 valence electrons. The molecular formula is C8H20O3Si. The van der Waals surface area contributed by atoms with Gasteiger partial charge in [-0.2, -0.15) is 0 Å². The summed E-state index contributed by atoms with van der Waals surface area (Å²) in [7, 11) is 2.89. The number of hydrogen-bond donors (Lipinski definition) is 0. The van der Waals surface area contributed by atoms with E-state index in [1.165, 1.54) is 0 Å². The molecule has 0 aliphatic carbocycles. The second-order valence-electron chi connectivity index (χ2n) is 3.14. The van der Waals surface area contributed by atoms with E-state index < -0.39 is 8.56 Å². The SMILES string of the molecule is CCC(C)(OC)[Si](C)(OC)OC. The highest BCUT2D eigenvalue weighted by Crippen LogP contribution is 2.28. The van der Waals surface area contributed by atoms with Crippen LogP contribution in [0, 0.1) is 0 Å². The van der Waals surface area contributed by atoms with Crippen LogP contribution in [0.2, 0.25) is 6.55 Å². The van der Waals surface area contributed by atoms with E-state index >= 15 is 0 Å². The van der Waals surface area contributed by atoms with E-state index in [1.54, 1.807) is 21.3 Å². The van der Waals surface area contributed by atoms with E-state index in [1.807, 2.05) is 13.5 Å². The van der Waals surface area contributed by atoms with Crippen LogP contribution in [0.4, 0.5) is 0 Å². The molecule has 0 saturated heterocycles. The van der Waals surface area contributed by atoms with Gasteiger partial charge in [0, 0.05) is 21.3 Å². The van der Waals surface area contributed by atoms with Gasteiger partial charge in [-0.1, -0.05) is 6.92 Å². The Morgan fingerprint density at radius 1 is 1.17 bits per heavy atom. The number of hydrogen-bond acceptors (Lipinski definition) is 3. The van der Waals surface area contributed by atoms with E-state index in [9.17, 15) is 0 Å². The predicted molar refractivity (Wildman–Crippen MR) is 51.3 cm³/mol. The highest BCUT2D eigenvalue weighted by Gasteiger charge is 2.49. The molecule has 0 rings (SSSR count). The fourth-order valence-electron chi connectivity index (χ4n) is 1.17. The average Bonchev–Trinajstić information content (AvgIpc) is 2.15. The molecule has 0 saturated carbocycles. The van der Waals surface area contributed by atoms with E-state index in [0.717, 1.165) is 6.42 Å². The molecule has 0 aromatic rings. The molecule has 12 heavy (non-hydrogen) atoms. The fraction of sp³-hybridized carbons (Fsp3) is 1.00. The van der Waals surface area contributed by atoms with Crippen LogP contribution in [0.5, 0.6) is 0 Å². The third-order valence-electron chi connectivity index (χ3n) is 2.86. The normalized spacial score (nSPS) is 17.5. The lowest BCUT2D eigenvalue weighted by Gasteiger charge is -2.39. The molecule has 4 heteroatoms. The molecule has 0 spiro atoms. The van der Waals surface area contributed by atoms with Crippen LogP contribution in [0.25, 0.3) is 0 Å². The van der Waals surface area contributed by atoms with Gasteiger partial charge in [0.1, 0.15) is 5.22 Å². The van der Waals surface area contributed by atoms with Gasteiger partial charge in [-0.3, -0.25) is 0 Å². The van der Waals surface area contributed by atoms with Crippen molar-refractivity contribution in [2.75, 3.05) is 21.3 Å². The third kappa shape index (κ3) is 1.88. The zero-order valence-corrected chi connectivity index (χ0v) is 9.93. The maximum absolute atomic E-state index is 5.45. The first-order chi connectivity index (χ1) is 5.49. The van der Waals surface area contributed by atoms with Crippen molar-refractivity contribution >= 4 is 8.56 Å². The lowest BCUT2D eigenvalue weighted by Crippen LogP contribution is -2.59. The maximum atomic E-state index is 5.45. The lowest BCUT2D eigenvalue weighted by atomic mass is 10.3. The minimum absolute atomic E-state index is 0.267. The van der Waals surface area contributed by atoms with Crippen LogP contribution >= 0.6 is 0 Å². The summed E-state index contributed by atoms with van der Waals surface area (Å²) in [5.41, 5.74) is 0. The monoisotopic (exact) mass is 192 g/mol. The van der Waals surface area contributed by atoms with Gasteiger partial charge in [-0.25, -0.2) is 0 Å². The van der Waals surface area contributed by atoms with E-state index in [-0.39, 0.29) is 5.22 Å². The van der Waals surface area contributed by atoms with Gasteiger partial charge in [-0.05, 0) is 19.9 Å². The van der Waals surface area contributed by atoms with Gasteiger partial charge >= 0.3 is 8.56 Å². The molecule has 0 aliphatic rings. The molecule has 1 unspecified atom stereocenters. The Kier molecular flexibility index (Phi) is 4.40. The molecular weight excluding hydrogens is 172 g/mol. The van der Waals surface area contributed by atoms with Gasteiger partial charge < -0.3 is 13.6 Å². The Hall–Kier alpha value is 0.0969. The number of rotatable bonds is 5. The molecule has 0 aromatic carbocycles. The maximum Gasteiger partial charge on any atom is 0.367 e. The molecule has 0 aliphatic heterocycles. The molecule has 0 amide bonds. The zero-order valence-electron chi connectivity index (χ0n) is 8.93. The minimum Gasteiger partial charge on any atom is -0.396 e. The first-order valence-corrected chi connectivity index (χ1v) is 6.46. The summed E-state index contributed by atoms with van der Waals surface area (Å²) in [4.78, 5) is 0. The molecule has 0 bridgehead atoms. The Labute approximate surface area is 76.3 Å². The quantitative estimate of drug-likeness (QED) is 0.621. The van der Waals surface area contributed by atoms with Crippen LogP contribution in [0.3, 0.4) is 0 Å². The summed E-state index contributed by atoms with van der Waals surface area (Å²) in [6.45, 7) is 6.12. The van der Waals surface area contributed by atoms with Gasteiger partial charge in [0.15, 0.2) is 0 Å². The van der Waals surface area contributed by atoms with Gasteiger partial charge in [0.25, 0.3) is 0 Å². The topological polar surface area (TPSA) is 27.7 Å². The number of ether oxygens (including phenoxy) is 1. The molecule has 0 fully saturated rings. The Balaban J connectivity index is 4.66. The van der Waals surface area contributed by atoms with Gasteiger partial charge in [0.05, 0.1) is 0 Å². The van der Waals surface area contributed by atoms with Crippen molar-refractivity contribution in [3.63, 3.8) is 0 Å². The second kappa shape index (κ2) is 4.37. The van der Waals surface area contributed by atoms with Crippen molar-refractivity contribution in [1.29, 1.82) is 0 Å². The van der Waals surface area contributed by atoms with Crippen molar-refractivity contribution in [3.8, 4) is 0 Å². The average molecular weight is 192 g/mol. The first kappa shape index (κ1) is 12.1. The minimum atomic E-state index is -2.17. The van der Waals surface area contributed by atoms with Crippen LogP contribution in [0.1, 0.15) is 20.3 Å². The highest BCUT2D eigenvalue weighted by molar-refractivity contribution is 6.69. The Bertz CT molecular complexity index is 114. The summed E-state index contributed by atoms with van der Waals surface area (Å²) in [5.74, 6) is 0. The van der Waals surface area contributed by atoms with E-state index in [2.05, 4.69) is 6.92 Å². The summed E-state index contributed by atoms with van der Waals surface area (Å²) in [6, 6.07) is 0. The zero-order chi connectivity index (χ0) is 9.83. The van der Waals surface area contributed by atoms with Crippen LogP contribution in [-0.4, -0.2) is 35.1 Å². The predicted octanol–water partition coefficient (Wildman–Crippen LogP) is 1.71. The smallest absolute Gasteiger partial charge is 0.367 e.